The highest BCUT2D eigenvalue weighted by atomic mass is 32.2. The number of hydrogen-bond acceptors (Lipinski definition) is 3. The average molecular weight is 333 g/mol. The summed E-state index contributed by atoms with van der Waals surface area (Å²) >= 11 is 1.67. The van der Waals surface area contributed by atoms with Gasteiger partial charge in [-0.1, -0.05) is 12.1 Å². The van der Waals surface area contributed by atoms with Crippen molar-refractivity contribution in [1.82, 2.24) is 9.97 Å². The van der Waals surface area contributed by atoms with Crippen LogP contribution in [0.25, 0.3) is 11.0 Å². The standard InChI is InChI=1S/C17H17F2N3S/c1-17(18,19)10-11-3-5-12(6-4-11)20-16-21-14-8-7-13(23-2)9-15(14)22-16/h3-9H,10H2,1-2H3,(H2,20,21,22). The van der Waals surface area contributed by atoms with Gasteiger partial charge in [0, 0.05) is 17.0 Å². The van der Waals surface area contributed by atoms with Crippen molar-refractivity contribution in [2.75, 3.05) is 11.6 Å². The molecule has 120 valence electrons. The lowest BCUT2D eigenvalue weighted by Gasteiger charge is -2.10. The quantitative estimate of drug-likeness (QED) is 0.628. The number of thioether (sulfide) groups is 1. The number of halogens is 2. The molecular weight excluding hydrogens is 316 g/mol. The lowest BCUT2D eigenvalue weighted by Crippen LogP contribution is -2.13. The Morgan fingerprint density at radius 3 is 2.57 bits per heavy atom. The van der Waals surface area contributed by atoms with E-state index in [1.165, 1.54) is 0 Å². The Morgan fingerprint density at radius 2 is 1.91 bits per heavy atom. The molecule has 0 unspecified atom stereocenters. The minimum atomic E-state index is -2.69. The molecule has 23 heavy (non-hydrogen) atoms. The Bertz CT molecular complexity index is 807. The molecule has 3 nitrogen and oxygen atoms in total. The van der Waals surface area contributed by atoms with Gasteiger partial charge in [-0.3, -0.25) is 0 Å². The van der Waals surface area contributed by atoms with Crippen molar-refractivity contribution in [3.05, 3.63) is 48.0 Å². The molecule has 0 saturated carbocycles. The fourth-order valence-corrected chi connectivity index (χ4v) is 2.81. The molecule has 1 aromatic heterocycles. The second kappa shape index (κ2) is 6.20. The van der Waals surface area contributed by atoms with E-state index in [0.717, 1.165) is 28.5 Å². The van der Waals surface area contributed by atoms with Crippen molar-refractivity contribution in [3.63, 3.8) is 0 Å². The van der Waals surface area contributed by atoms with Gasteiger partial charge in [-0.15, -0.1) is 11.8 Å². The SMILES string of the molecule is CSc1ccc2[nH]c(Nc3ccc(CC(C)(F)F)cc3)nc2c1. The Morgan fingerprint density at radius 1 is 1.17 bits per heavy atom. The Kier molecular flexibility index (Phi) is 4.26. The first-order chi connectivity index (χ1) is 10.9. The molecule has 6 heteroatoms. The van der Waals surface area contributed by atoms with E-state index in [0.29, 0.717) is 11.5 Å². The number of imidazole rings is 1. The summed E-state index contributed by atoms with van der Waals surface area (Å²) in [6.45, 7) is 0.927. The topological polar surface area (TPSA) is 40.7 Å². The number of fused-ring (bicyclic) bond motifs is 1. The maximum Gasteiger partial charge on any atom is 0.249 e. The van der Waals surface area contributed by atoms with Gasteiger partial charge in [0.25, 0.3) is 0 Å². The minimum Gasteiger partial charge on any atom is -0.326 e. The third-order valence-corrected chi connectivity index (χ3v) is 4.15. The van der Waals surface area contributed by atoms with Gasteiger partial charge in [0.1, 0.15) is 0 Å². The number of aromatic amines is 1. The first-order valence-electron chi connectivity index (χ1n) is 7.20. The summed E-state index contributed by atoms with van der Waals surface area (Å²) in [7, 11) is 0. The van der Waals surface area contributed by atoms with Gasteiger partial charge in [-0.2, -0.15) is 0 Å². The summed E-state index contributed by atoms with van der Waals surface area (Å²) in [4.78, 5) is 8.85. The molecule has 2 N–H and O–H groups in total. The van der Waals surface area contributed by atoms with Crippen molar-refractivity contribution < 1.29 is 8.78 Å². The summed E-state index contributed by atoms with van der Waals surface area (Å²) in [5, 5.41) is 3.16. The predicted octanol–water partition coefficient (Wildman–Crippen LogP) is 5.23. The Hall–Kier alpha value is -2.08. The van der Waals surface area contributed by atoms with Crippen molar-refractivity contribution in [1.29, 1.82) is 0 Å². The van der Waals surface area contributed by atoms with Gasteiger partial charge in [-0.05, 0) is 49.1 Å². The van der Waals surface area contributed by atoms with Crippen LogP contribution in [0.15, 0.2) is 47.4 Å². The highest BCUT2D eigenvalue weighted by Crippen LogP contribution is 2.24. The molecule has 3 aromatic rings. The minimum absolute atomic E-state index is 0.255. The normalized spacial score (nSPS) is 11.8. The number of nitrogens with one attached hydrogen (secondary N) is 2. The smallest absolute Gasteiger partial charge is 0.249 e. The molecule has 0 bridgehead atoms. The lowest BCUT2D eigenvalue weighted by atomic mass is 10.1. The van der Waals surface area contributed by atoms with Crippen LogP contribution in [0.2, 0.25) is 0 Å². The van der Waals surface area contributed by atoms with Crippen LogP contribution < -0.4 is 5.32 Å². The molecule has 0 aliphatic heterocycles. The van der Waals surface area contributed by atoms with Gasteiger partial charge in [0.2, 0.25) is 11.9 Å². The molecule has 0 amide bonds. The summed E-state index contributed by atoms with van der Waals surface area (Å²) in [5.41, 5.74) is 3.25. The van der Waals surface area contributed by atoms with E-state index in [2.05, 4.69) is 15.3 Å². The lowest BCUT2D eigenvalue weighted by molar-refractivity contribution is 0.0226. The zero-order valence-electron chi connectivity index (χ0n) is 12.9. The van der Waals surface area contributed by atoms with E-state index in [9.17, 15) is 8.78 Å². The summed E-state index contributed by atoms with van der Waals surface area (Å²) in [6.07, 6.45) is 1.77. The number of benzene rings is 2. The molecule has 0 radical (unpaired) electrons. The number of H-pyrrole nitrogens is 1. The zero-order valence-corrected chi connectivity index (χ0v) is 13.7. The molecule has 3 rings (SSSR count). The molecule has 1 heterocycles. The maximum absolute atomic E-state index is 13.0. The van der Waals surface area contributed by atoms with Crippen molar-refractivity contribution >= 4 is 34.4 Å². The molecule has 0 atom stereocenters. The predicted molar refractivity (Wildman–Crippen MR) is 91.9 cm³/mol. The molecule has 0 fully saturated rings. The summed E-state index contributed by atoms with van der Waals surface area (Å²) < 4.78 is 26.0. The Labute approximate surface area is 137 Å². The van der Waals surface area contributed by atoms with Gasteiger partial charge in [0.05, 0.1) is 11.0 Å². The third-order valence-electron chi connectivity index (χ3n) is 3.42. The monoisotopic (exact) mass is 333 g/mol. The van der Waals surface area contributed by atoms with E-state index in [1.807, 2.05) is 24.5 Å². The average Bonchev–Trinajstić information content (AvgIpc) is 2.89. The van der Waals surface area contributed by atoms with E-state index in [-0.39, 0.29) is 6.42 Å². The number of aromatic nitrogens is 2. The number of hydrogen-bond donors (Lipinski definition) is 2. The molecule has 0 saturated heterocycles. The molecule has 0 spiro atoms. The van der Waals surface area contributed by atoms with Gasteiger partial charge in [-0.25, -0.2) is 13.8 Å². The van der Waals surface area contributed by atoms with Crippen LogP contribution in [0.5, 0.6) is 0 Å². The maximum atomic E-state index is 13.0. The van der Waals surface area contributed by atoms with Crippen LogP contribution in [0, 0.1) is 0 Å². The second-order valence-corrected chi connectivity index (χ2v) is 6.42. The summed E-state index contributed by atoms with van der Waals surface area (Å²) in [6, 6.07) is 13.0. The largest absolute Gasteiger partial charge is 0.326 e. The van der Waals surface area contributed by atoms with Crippen molar-refractivity contribution in [2.24, 2.45) is 0 Å². The zero-order chi connectivity index (χ0) is 16.4. The number of nitrogens with zero attached hydrogens (tertiary/aromatic N) is 1. The summed E-state index contributed by atoms with van der Waals surface area (Å²) in [5.74, 6) is -2.06. The van der Waals surface area contributed by atoms with Crippen LogP contribution in [0.1, 0.15) is 12.5 Å². The highest BCUT2D eigenvalue weighted by Gasteiger charge is 2.21. The fraction of sp³-hybridized carbons (Fsp3) is 0.235. The van der Waals surface area contributed by atoms with E-state index in [4.69, 9.17) is 0 Å². The fourth-order valence-electron chi connectivity index (χ4n) is 2.37. The molecule has 2 aromatic carbocycles. The number of alkyl halides is 2. The second-order valence-electron chi connectivity index (χ2n) is 5.54. The Balaban J connectivity index is 1.76. The molecular formula is C17H17F2N3S. The van der Waals surface area contributed by atoms with Crippen LogP contribution >= 0.6 is 11.8 Å². The van der Waals surface area contributed by atoms with E-state index >= 15 is 0 Å². The highest BCUT2D eigenvalue weighted by molar-refractivity contribution is 7.98. The van der Waals surface area contributed by atoms with Gasteiger partial charge < -0.3 is 10.3 Å². The van der Waals surface area contributed by atoms with Crippen LogP contribution in [0.3, 0.4) is 0 Å². The van der Waals surface area contributed by atoms with E-state index < -0.39 is 5.92 Å². The van der Waals surface area contributed by atoms with Gasteiger partial charge >= 0.3 is 0 Å². The number of rotatable bonds is 5. The van der Waals surface area contributed by atoms with Gasteiger partial charge in [0.15, 0.2) is 0 Å². The van der Waals surface area contributed by atoms with Crippen LogP contribution in [0.4, 0.5) is 20.4 Å². The molecule has 0 aliphatic rings. The third kappa shape index (κ3) is 4.01. The van der Waals surface area contributed by atoms with Crippen molar-refractivity contribution in [3.8, 4) is 0 Å². The van der Waals surface area contributed by atoms with Crippen LogP contribution in [-0.4, -0.2) is 22.1 Å². The van der Waals surface area contributed by atoms with Crippen molar-refractivity contribution in [2.45, 2.75) is 24.2 Å². The van der Waals surface area contributed by atoms with Crippen LogP contribution in [-0.2, 0) is 6.42 Å². The number of anilines is 2. The first kappa shape index (κ1) is 15.8. The molecule has 0 aliphatic carbocycles. The van der Waals surface area contributed by atoms with E-state index in [1.54, 1.807) is 36.0 Å². The first-order valence-corrected chi connectivity index (χ1v) is 8.43.